The van der Waals surface area contributed by atoms with E-state index in [1.165, 1.54) is 7.11 Å². The van der Waals surface area contributed by atoms with Crippen molar-refractivity contribution in [3.63, 3.8) is 0 Å². The number of carbonyl (C=O) groups is 1. The van der Waals surface area contributed by atoms with E-state index in [0.717, 1.165) is 5.69 Å². The molecule has 0 fully saturated rings. The second-order valence-corrected chi connectivity index (χ2v) is 3.83. The maximum Gasteiger partial charge on any atom is 0.334 e. The van der Waals surface area contributed by atoms with Crippen LogP contribution in [0.2, 0.25) is 0 Å². The van der Waals surface area contributed by atoms with Crippen LogP contribution in [0.3, 0.4) is 0 Å². The molecule has 0 radical (unpaired) electrons. The number of aromatic nitrogens is 1. The first-order valence-electron chi connectivity index (χ1n) is 5.37. The van der Waals surface area contributed by atoms with Crippen LogP contribution in [0.4, 0.5) is 5.69 Å². The number of aryl methyl sites for hydroxylation is 2. The molecule has 0 aliphatic rings. The molecule has 6 nitrogen and oxygen atoms in total. The lowest BCUT2D eigenvalue weighted by atomic mass is 10.1. The second kappa shape index (κ2) is 5.98. The number of nitriles is 1. The van der Waals surface area contributed by atoms with Crippen molar-refractivity contribution in [1.29, 1.82) is 5.26 Å². The number of pyridine rings is 1. The van der Waals surface area contributed by atoms with Crippen LogP contribution in [0.25, 0.3) is 0 Å². The number of methoxy groups -OCH3 is 1. The van der Waals surface area contributed by atoms with Gasteiger partial charge in [-0.3, -0.25) is 4.98 Å². The number of anilines is 1. The molecule has 1 unspecified atom stereocenters. The van der Waals surface area contributed by atoms with Crippen molar-refractivity contribution in [2.75, 3.05) is 19.0 Å². The van der Waals surface area contributed by atoms with E-state index in [-0.39, 0.29) is 6.54 Å². The molecule has 2 N–H and O–H groups in total. The number of hydrogen-bond acceptors (Lipinski definition) is 5. The summed E-state index contributed by atoms with van der Waals surface area (Å²) in [7, 11) is 1.33. The Morgan fingerprint density at radius 3 is 2.83 bits per heavy atom. The predicted octanol–water partition coefficient (Wildman–Crippen LogP) is 1.08. The minimum atomic E-state index is -1.05. The van der Waals surface area contributed by atoms with E-state index < -0.39 is 12.1 Å². The van der Waals surface area contributed by atoms with Gasteiger partial charge in [-0.2, -0.15) is 5.26 Å². The zero-order chi connectivity index (χ0) is 13.7. The Morgan fingerprint density at radius 1 is 1.67 bits per heavy atom. The Kier molecular flexibility index (Phi) is 4.63. The predicted molar refractivity (Wildman–Crippen MR) is 65.3 cm³/mol. The van der Waals surface area contributed by atoms with Crippen LogP contribution in [0.5, 0.6) is 0 Å². The molecule has 0 bridgehead atoms. The summed E-state index contributed by atoms with van der Waals surface area (Å²) in [5.41, 5.74) is 2.37. The third-order valence-electron chi connectivity index (χ3n) is 2.48. The first kappa shape index (κ1) is 13.9. The van der Waals surface area contributed by atoms with E-state index in [1.807, 2.05) is 13.0 Å². The van der Waals surface area contributed by atoms with Crippen LogP contribution in [-0.2, 0) is 9.53 Å². The Bertz CT molecular complexity index is 494. The van der Waals surface area contributed by atoms with Gasteiger partial charge in [0, 0.05) is 12.8 Å². The number of nitrogens with one attached hydrogen (secondary N) is 1. The van der Waals surface area contributed by atoms with Crippen molar-refractivity contribution in [3.05, 3.63) is 23.0 Å². The van der Waals surface area contributed by atoms with Gasteiger partial charge >= 0.3 is 5.97 Å². The molecule has 1 rings (SSSR count). The van der Waals surface area contributed by atoms with Gasteiger partial charge in [-0.25, -0.2) is 4.79 Å². The van der Waals surface area contributed by atoms with Crippen LogP contribution in [0.15, 0.2) is 6.07 Å². The van der Waals surface area contributed by atoms with Gasteiger partial charge in [0.05, 0.1) is 23.5 Å². The Labute approximate surface area is 105 Å². The second-order valence-electron chi connectivity index (χ2n) is 3.83. The van der Waals surface area contributed by atoms with Gasteiger partial charge < -0.3 is 15.2 Å². The number of carboxylic acids is 1. The molecule has 1 heterocycles. The quantitative estimate of drug-likeness (QED) is 0.810. The molecular formula is C12H15N3O3. The van der Waals surface area contributed by atoms with Gasteiger partial charge in [0.25, 0.3) is 0 Å². The van der Waals surface area contributed by atoms with Crippen LogP contribution >= 0.6 is 0 Å². The van der Waals surface area contributed by atoms with Crippen molar-refractivity contribution in [2.45, 2.75) is 20.0 Å². The molecule has 6 heteroatoms. The van der Waals surface area contributed by atoms with Gasteiger partial charge in [-0.1, -0.05) is 0 Å². The van der Waals surface area contributed by atoms with E-state index in [1.54, 1.807) is 13.0 Å². The van der Waals surface area contributed by atoms with E-state index >= 15 is 0 Å². The maximum absolute atomic E-state index is 10.8. The summed E-state index contributed by atoms with van der Waals surface area (Å²) >= 11 is 0. The van der Waals surface area contributed by atoms with Gasteiger partial charge in [-0.15, -0.1) is 0 Å². The molecular weight excluding hydrogens is 234 g/mol. The fourth-order valence-electron chi connectivity index (χ4n) is 1.58. The molecule has 0 amide bonds. The highest BCUT2D eigenvalue weighted by Gasteiger charge is 2.17. The molecule has 0 saturated heterocycles. The SMILES string of the molecule is COC(CNc1cc(C)nc(C)c1C#N)C(=O)O. The fraction of sp³-hybridized carbons (Fsp3) is 0.417. The van der Waals surface area contributed by atoms with Gasteiger partial charge in [0.2, 0.25) is 0 Å². The zero-order valence-corrected chi connectivity index (χ0v) is 10.5. The smallest absolute Gasteiger partial charge is 0.334 e. The lowest BCUT2D eigenvalue weighted by Crippen LogP contribution is -2.30. The van der Waals surface area contributed by atoms with E-state index in [2.05, 4.69) is 10.3 Å². The number of carboxylic acid groups (broad SMARTS) is 1. The summed E-state index contributed by atoms with van der Waals surface area (Å²) in [6.07, 6.45) is -0.953. The van der Waals surface area contributed by atoms with Gasteiger partial charge in [0.15, 0.2) is 6.10 Å². The Hall–Kier alpha value is -2.13. The molecule has 18 heavy (non-hydrogen) atoms. The van der Waals surface area contributed by atoms with Crippen LogP contribution in [0, 0.1) is 25.2 Å². The van der Waals surface area contributed by atoms with Gasteiger partial charge in [0.1, 0.15) is 6.07 Å². The molecule has 0 aliphatic carbocycles. The van der Waals surface area contributed by atoms with E-state index in [0.29, 0.717) is 16.9 Å². The zero-order valence-electron chi connectivity index (χ0n) is 10.5. The highest BCUT2D eigenvalue weighted by molar-refractivity contribution is 5.73. The van der Waals surface area contributed by atoms with Gasteiger partial charge in [-0.05, 0) is 19.9 Å². The largest absolute Gasteiger partial charge is 0.479 e. The first-order valence-corrected chi connectivity index (χ1v) is 5.37. The van der Waals surface area contributed by atoms with E-state index in [9.17, 15) is 4.79 Å². The number of hydrogen-bond donors (Lipinski definition) is 2. The molecule has 1 aromatic heterocycles. The minimum Gasteiger partial charge on any atom is -0.479 e. The topological polar surface area (TPSA) is 95.2 Å². The molecule has 0 aliphatic heterocycles. The van der Waals surface area contributed by atoms with Crippen molar-refractivity contribution >= 4 is 11.7 Å². The van der Waals surface area contributed by atoms with Crippen LogP contribution < -0.4 is 5.32 Å². The van der Waals surface area contributed by atoms with Crippen molar-refractivity contribution < 1.29 is 14.6 Å². The average Bonchev–Trinajstić information content (AvgIpc) is 2.28. The molecule has 1 aromatic rings. The summed E-state index contributed by atoms with van der Waals surface area (Å²) in [6.45, 7) is 3.63. The average molecular weight is 249 g/mol. The lowest BCUT2D eigenvalue weighted by Gasteiger charge is -2.14. The Balaban J connectivity index is 2.91. The number of aliphatic carboxylic acids is 1. The summed E-state index contributed by atoms with van der Waals surface area (Å²) in [5, 5.41) is 20.8. The third kappa shape index (κ3) is 3.18. The van der Waals surface area contributed by atoms with Crippen molar-refractivity contribution in [3.8, 4) is 6.07 Å². The maximum atomic E-state index is 10.8. The van der Waals surface area contributed by atoms with Crippen molar-refractivity contribution in [2.24, 2.45) is 0 Å². The highest BCUT2D eigenvalue weighted by atomic mass is 16.5. The summed E-state index contributed by atoms with van der Waals surface area (Å²) in [6, 6.07) is 3.76. The van der Waals surface area contributed by atoms with Crippen LogP contribution in [-0.4, -0.2) is 35.8 Å². The molecule has 96 valence electrons. The molecule has 0 aromatic carbocycles. The summed E-state index contributed by atoms with van der Waals surface area (Å²) in [4.78, 5) is 15.0. The third-order valence-corrected chi connectivity index (χ3v) is 2.48. The molecule has 1 atom stereocenters. The Morgan fingerprint density at radius 2 is 2.33 bits per heavy atom. The van der Waals surface area contributed by atoms with Crippen molar-refractivity contribution in [1.82, 2.24) is 4.98 Å². The first-order chi connectivity index (χ1) is 8.49. The summed E-state index contributed by atoms with van der Waals surface area (Å²) < 4.78 is 4.81. The summed E-state index contributed by atoms with van der Waals surface area (Å²) in [5.74, 6) is -1.05. The van der Waals surface area contributed by atoms with E-state index in [4.69, 9.17) is 15.1 Å². The minimum absolute atomic E-state index is 0.0867. The normalized spacial score (nSPS) is 11.7. The molecule has 0 spiro atoms. The van der Waals surface area contributed by atoms with Crippen LogP contribution in [0.1, 0.15) is 17.0 Å². The monoisotopic (exact) mass is 249 g/mol. The lowest BCUT2D eigenvalue weighted by molar-refractivity contribution is -0.147. The molecule has 0 saturated carbocycles. The fourth-order valence-corrected chi connectivity index (χ4v) is 1.58. The number of rotatable bonds is 5. The number of ether oxygens (including phenoxy) is 1. The standard InChI is InChI=1S/C12H15N3O3/c1-7-4-10(9(5-13)8(2)15-7)14-6-11(18-3)12(16)17/h4,11H,6H2,1-3H3,(H,14,15)(H,16,17). The number of nitrogens with zero attached hydrogens (tertiary/aromatic N) is 2. The highest BCUT2D eigenvalue weighted by Crippen LogP contribution is 2.18.